The summed E-state index contributed by atoms with van der Waals surface area (Å²) in [6.07, 6.45) is 5.06. The van der Waals surface area contributed by atoms with Gasteiger partial charge in [0.2, 0.25) is 11.8 Å². The van der Waals surface area contributed by atoms with Gasteiger partial charge < -0.3 is 0 Å². The number of hydrogen-bond acceptors (Lipinski definition) is 5. The molecule has 2 aliphatic carbocycles. The van der Waals surface area contributed by atoms with E-state index in [0.29, 0.717) is 17.4 Å². The molecule has 3 aliphatic rings. The maximum Gasteiger partial charge on any atom is 0.331 e. The Bertz CT molecular complexity index is 863. The average molecular weight is 382 g/mol. The summed E-state index contributed by atoms with van der Waals surface area (Å²) < 4.78 is 0. The van der Waals surface area contributed by atoms with Gasteiger partial charge in [-0.05, 0) is 50.2 Å². The molecule has 28 heavy (non-hydrogen) atoms. The molecule has 4 rings (SSSR count). The summed E-state index contributed by atoms with van der Waals surface area (Å²) in [7, 11) is 0. The lowest BCUT2D eigenvalue weighted by Gasteiger charge is -2.36. The van der Waals surface area contributed by atoms with Gasteiger partial charge in [0.05, 0.1) is 0 Å². The van der Waals surface area contributed by atoms with Crippen molar-refractivity contribution in [2.75, 3.05) is 0 Å². The fraction of sp³-hybridized carbons (Fsp3) is 0.450. The van der Waals surface area contributed by atoms with Gasteiger partial charge in [-0.25, -0.2) is 10.2 Å². The van der Waals surface area contributed by atoms with Gasteiger partial charge in [-0.15, -0.1) is 0 Å². The van der Waals surface area contributed by atoms with Crippen LogP contribution in [0.2, 0.25) is 0 Å². The van der Waals surface area contributed by atoms with Gasteiger partial charge >= 0.3 is 6.03 Å². The van der Waals surface area contributed by atoms with E-state index in [1.54, 1.807) is 24.3 Å². The van der Waals surface area contributed by atoms with Crippen LogP contribution in [0.4, 0.5) is 4.79 Å². The predicted molar refractivity (Wildman–Crippen MR) is 100 cm³/mol. The highest BCUT2D eigenvalue weighted by Crippen LogP contribution is 2.47. The lowest BCUT2D eigenvalue weighted by molar-refractivity contribution is -0.141. The smallest absolute Gasteiger partial charge is 0.277 e. The number of imide groups is 2. The Morgan fingerprint density at radius 1 is 1.18 bits per heavy atom. The third kappa shape index (κ3) is 3.30. The number of carbonyl (C=O) groups is 4. The third-order valence-corrected chi connectivity index (χ3v) is 5.97. The molecule has 2 saturated carbocycles. The van der Waals surface area contributed by atoms with Crippen LogP contribution in [0.15, 0.2) is 29.4 Å². The summed E-state index contributed by atoms with van der Waals surface area (Å²) >= 11 is 0. The zero-order valence-corrected chi connectivity index (χ0v) is 15.6. The summed E-state index contributed by atoms with van der Waals surface area (Å²) in [4.78, 5) is 50.5. The van der Waals surface area contributed by atoms with Crippen LogP contribution < -0.4 is 10.7 Å². The molecule has 0 spiro atoms. The van der Waals surface area contributed by atoms with Crippen molar-refractivity contribution in [1.29, 1.82) is 0 Å². The molecule has 1 aliphatic heterocycles. The van der Waals surface area contributed by atoms with E-state index in [9.17, 15) is 19.2 Å². The fourth-order valence-corrected chi connectivity index (χ4v) is 4.52. The van der Waals surface area contributed by atoms with Crippen LogP contribution in [0, 0.1) is 24.7 Å². The first-order valence-electron chi connectivity index (χ1n) is 9.52. The molecule has 0 unspecified atom stereocenters. The second-order valence-corrected chi connectivity index (χ2v) is 7.81. The average Bonchev–Trinajstić information content (AvgIpc) is 3.28. The van der Waals surface area contributed by atoms with E-state index >= 15 is 0 Å². The summed E-state index contributed by atoms with van der Waals surface area (Å²) in [5.41, 5.74) is 3.76. The number of nitrogens with zero attached hydrogens (tertiary/aromatic N) is 2. The first-order valence-corrected chi connectivity index (χ1v) is 9.52. The van der Waals surface area contributed by atoms with Gasteiger partial charge in [-0.1, -0.05) is 24.1 Å². The van der Waals surface area contributed by atoms with E-state index in [4.69, 9.17) is 0 Å². The highest BCUT2D eigenvalue weighted by Gasteiger charge is 2.50. The lowest BCUT2D eigenvalue weighted by atomic mass is 9.92. The topological polar surface area (TPSA) is 108 Å². The summed E-state index contributed by atoms with van der Waals surface area (Å²) in [5, 5.41) is 6.03. The van der Waals surface area contributed by atoms with Crippen LogP contribution in [0.3, 0.4) is 0 Å². The monoisotopic (exact) mass is 382 g/mol. The van der Waals surface area contributed by atoms with Crippen LogP contribution in [0.5, 0.6) is 0 Å². The highest BCUT2D eigenvalue weighted by atomic mass is 16.2. The molecular formula is C20H22N4O4. The van der Waals surface area contributed by atoms with E-state index in [-0.39, 0.29) is 6.04 Å². The van der Waals surface area contributed by atoms with Crippen molar-refractivity contribution in [2.45, 2.75) is 38.6 Å². The number of hydrogen-bond donors (Lipinski definition) is 2. The van der Waals surface area contributed by atoms with Gasteiger partial charge in [0.1, 0.15) is 0 Å². The van der Waals surface area contributed by atoms with Crippen LogP contribution in [0.1, 0.15) is 41.6 Å². The van der Waals surface area contributed by atoms with Crippen molar-refractivity contribution in [3.05, 3.63) is 35.4 Å². The van der Waals surface area contributed by atoms with Crippen molar-refractivity contribution < 1.29 is 19.2 Å². The van der Waals surface area contributed by atoms with Crippen LogP contribution in [-0.2, 0) is 9.59 Å². The Hall–Kier alpha value is -3.03. The Morgan fingerprint density at radius 3 is 2.57 bits per heavy atom. The molecule has 8 heteroatoms. The van der Waals surface area contributed by atoms with Crippen LogP contribution >= 0.6 is 0 Å². The molecule has 5 amide bonds. The number of hydrazone groups is 1. The second-order valence-electron chi connectivity index (χ2n) is 7.81. The lowest BCUT2D eigenvalue weighted by Crippen LogP contribution is -2.62. The zero-order valence-electron chi connectivity index (χ0n) is 15.6. The molecule has 1 aromatic rings. The Kier molecular flexibility index (Phi) is 4.70. The Balaban J connectivity index is 1.44. The molecule has 0 aromatic heterocycles. The molecule has 0 radical (unpaired) electrons. The summed E-state index contributed by atoms with van der Waals surface area (Å²) in [6, 6.07) is 6.12. The fourth-order valence-electron chi connectivity index (χ4n) is 4.52. The van der Waals surface area contributed by atoms with Gasteiger partial charge in [-0.3, -0.25) is 24.6 Å². The minimum atomic E-state index is -1.23. The van der Waals surface area contributed by atoms with Crippen LogP contribution in [0.25, 0.3) is 0 Å². The molecular weight excluding hydrogens is 360 g/mol. The van der Waals surface area contributed by atoms with Gasteiger partial charge in [0.25, 0.3) is 5.91 Å². The minimum Gasteiger partial charge on any atom is -0.277 e. The Morgan fingerprint density at radius 2 is 1.93 bits per heavy atom. The van der Waals surface area contributed by atoms with Gasteiger partial charge in [0.15, 0.2) is 5.92 Å². The maximum absolute atomic E-state index is 12.8. The van der Waals surface area contributed by atoms with Crippen molar-refractivity contribution in [3.8, 4) is 0 Å². The van der Waals surface area contributed by atoms with E-state index in [2.05, 4.69) is 15.8 Å². The molecule has 1 heterocycles. The minimum absolute atomic E-state index is 0.155. The summed E-state index contributed by atoms with van der Waals surface area (Å²) in [5.74, 6) is -2.10. The van der Waals surface area contributed by atoms with Crippen LogP contribution in [-0.4, -0.2) is 40.9 Å². The molecule has 1 aromatic carbocycles. The number of urea groups is 1. The Labute approximate surface area is 162 Å². The van der Waals surface area contributed by atoms with Gasteiger partial charge in [-0.2, -0.15) is 5.10 Å². The first kappa shape index (κ1) is 18.3. The van der Waals surface area contributed by atoms with Crippen molar-refractivity contribution in [1.82, 2.24) is 15.6 Å². The molecule has 8 nitrogen and oxygen atoms in total. The normalized spacial score (nSPS) is 29.5. The van der Waals surface area contributed by atoms with E-state index < -0.39 is 29.7 Å². The van der Waals surface area contributed by atoms with E-state index in [1.165, 1.54) is 4.90 Å². The largest absolute Gasteiger partial charge is 0.331 e. The van der Waals surface area contributed by atoms with E-state index in [0.717, 1.165) is 37.5 Å². The number of fused-ring (bicyclic) bond motifs is 2. The molecule has 146 valence electrons. The number of barbiturate groups is 1. The van der Waals surface area contributed by atoms with E-state index in [1.807, 2.05) is 6.92 Å². The third-order valence-electron chi connectivity index (χ3n) is 5.97. The highest BCUT2D eigenvalue weighted by molar-refractivity contribution is 6.23. The second kappa shape index (κ2) is 7.18. The van der Waals surface area contributed by atoms with Crippen molar-refractivity contribution >= 4 is 30.0 Å². The molecule has 1 saturated heterocycles. The number of rotatable bonds is 4. The van der Waals surface area contributed by atoms with Crippen molar-refractivity contribution in [2.24, 2.45) is 22.9 Å². The maximum atomic E-state index is 12.8. The van der Waals surface area contributed by atoms with Gasteiger partial charge in [0, 0.05) is 17.8 Å². The first-order chi connectivity index (χ1) is 13.4. The number of carbonyl (C=O) groups excluding carboxylic acids is 4. The number of nitrogens with one attached hydrogen (secondary N) is 2. The molecule has 2 N–H and O–H groups in total. The summed E-state index contributed by atoms with van der Waals surface area (Å²) in [6.45, 7) is 1.91. The quantitative estimate of drug-likeness (QED) is 0.468. The molecule has 3 fully saturated rings. The zero-order chi connectivity index (χ0) is 19.8. The molecule has 4 atom stereocenters. The molecule has 2 bridgehead atoms. The number of aryl methyl sites for hydroxylation is 1. The SMILES string of the molecule is Cc1ccc(C(=O)N/N=C\[C@H]2C(=O)NC(=O)N([C@H]3C[C@H]4CC[C@H]3C4)C2=O)cc1. The predicted octanol–water partition coefficient (Wildman–Crippen LogP) is 1.59. The number of benzene rings is 1. The van der Waals surface area contributed by atoms with Crippen molar-refractivity contribution in [3.63, 3.8) is 0 Å². The number of amides is 5. The standard InChI is InChI=1S/C20H22N4O4/c1-11-2-5-13(6-3-11)17(25)23-21-10-15-18(26)22-20(28)24(19(15)27)16-9-12-4-7-14(16)8-12/h2-3,5-6,10,12,14-16H,4,7-9H2,1H3,(H,23,25)(H,22,26,28)/b21-10-/t12-,14-,15-,16-/m0/s1.